The van der Waals surface area contributed by atoms with Crippen molar-refractivity contribution in [3.63, 3.8) is 0 Å². The van der Waals surface area contributed by atoms with E-state index < -0.39 is 24.2 Å². The molecule has 0 aromatic heterocycles. The van der Waals surface area contributed by atoms with Crippen molar-refractivity contribution in [3.05, 3.63) is 23.8 Å². The molecule has 1 rings (SSSR count). The molecular weight excluding hydrogens is 330 g/mol. The highest BCUT2D eigenvalue weighted by molar-refractivity contribution is 5.75. The minimum absolute atomic E-state index is 0.0821. The van der Waals surface area contributed by atoms with Crippen molar-refractivity contribution in [2.24, 2.45) is 0 Å². The summed E-state index contributed by atoms with van der Waals surface area (Å²) < 4.78 is 15.8. The molecule has 0 saturated carbocycles. The minimum Gasteiger partial charge on any atom is -0.490 e. The lowest BCUT2D eigenvalue weighted by atomic mass is 10.0. The standard InChI is InChI=1S/C17H25NO7/c1-4-23-13-8-7-11(10-14(13)24-5-2)9-12(15(19)16(20)21)18-17(22)25-6-3/h7-8,10,12,15,19H,4-6,9H2,1-3H3,(H,18,22)(H,20,21). The van der Waals surface area contributed by atoms with Crippen molar-refractivity contribution in [2.75, 3.05) is 19.8 Å². The molecule has 0 heterocycles. The van der Waals surface area contributed by atoms with Gasteiger partial charge in [0.05, 0.1) is 25.9 Å². The van der Waals surface area contributed by atoms with Crippen LogP contribution in [-0.2, 0) is 16.0 Å². The number of hydrogen-bond acceptors (Lipinski definition) is 6. The predicted octanol–water partition coefficient (Wildman–Crippen LogP) is 1.59. The number of amides is 1. The maximum absolute atomic E-state index is 11.6. The second-order valence-electron chi connectivity index (χ2n) is 5.11. The van der Waals surface area contributed by atoms with Gasteiger partial charge < -0.3 is 29.7 Å². The molecule has 25 heavy (non-hydrogen) atoms. The molecule has 0 spiro atoms. The van der Waals surface area contributed by atoms with Gasteiger partial charge in [-0.05, 0) is 44.9 Å². The van der Waals surface area contributed by atoms with E-state index >= 15 is 0 Å². The second-order valence-corrected chi connectivity index (χ2v) is 5.11. The van der Waals surface area contributed by atoms with Crippen LogP contribution in [0.25, 0.3) is 0 Å². The molecule has 0 fully saturated rings. The van der Waals surface area contributed by atoms with Gasteiger partial charge in [-0.1, -0.05) is 6.07 Å². The third-order valence-electron chi connectivity index (χ3n) is 3.28. The fraction of sp³-hybridized carbons (Fsp3) is 0.529. The molecule has 1 aromatic rings. The molecule has 3 N–H and O–H groups in total. The highest BCUT2D eigenvalue weighted by Crippen LogP contribution is 2.29. The summed E-state index contributed by atoms with van der Waals surface area (Å²) in [7, 11) is 0. The molecule has 8 heteroatoms. The largest absolute Gasteiger partial charge is 0.490 e. The fourth-order valence-corrected chi connectivity index (χ4v) is 2.21. The lowest BCUT2D eigenvalue weighted by molar-refractivity contribution is -0.148. The normalized spacial score (nSPS) is 12.8. The Bertz CT molecular complexity index is 576. The SMILES string of the molecule is CCOC(=O)NC(Cc1ccc(OCC)c(OCC)c1)C(O)C(=O)O. The number of aliphatic hydroxyl groups is 1. The monoisotopic (exact) mass is 355 g/mol. The van der Waals surface area contributed by atoms with Crippen LogP contribution in [0.3, 0.4) is 0 Å². The molecule has 140 valence electrons. The highest BCUT2D eigenvalue weighted by atomic mass is 16.5. The molecule has 0 aliphatic heterocycles. The third kappa shape index (κ3) is 6.50. The minimum atomic E-state index is -1.77. The number of aliphatic carboxylic acids is 1. The number of aliphatic hydroxyl groups excluding tert-OH is 1. The van der Waals surface area contributed by atoms with Gasteiger partial charge in [-0.3, -0.25) is 0 Å². The molecule has 1 aromatic carbocycles. The maximum atomic E-state index is 11.6. The zero-order valence-corrected chi connectivity index (χ0v) is 14.7. The van der Waals surface area contributed by atoms with Crippen LogP contribution in [0.4, 0.5) is 4.79 Å². The van der Waals surface area contributed by atoms with Gasteiger partial charge in [0.15, 0.2) is 17.6 Å². The number of ether oxygens (including phenoxy) is 3. The summed E-state index contributed by atoms with van der Waals surface area (Å²) in [5.74, 6) is -0.346. The number of carboxylic acids is 1. The van der Waals surface area contributed by atoms with Crippen LogP contribution < -0.4 is 14.8 Å². The van der Waals surface area contributed by atoms with Crippen molar-refractivity contribution in [2.45, 2.75) is 39.3 Å². The van der Waals surface area contributed by atoms with Crippen LogP contribution >= 0.6 is 0 Å². The van der Waals surface area contributed by atoms with E-state index in [0.29, 0.717) is 30.3 Å². The number of nitrogens with one attached hydrogen (secondary N) is 1. The molecule has 2 atom stereocenters. The fourth-order valence-electron chi connectivity index (χ4n) is 2.21. The molecule has 0 aliphatic carbocycles. The Hall–Kier alpha value is -2.48. The smallest absolute Gasteiger partial charge is 0.407 e. The summed E-state index contributed by atoms with van der Waals surface area (Å²) in [5, 5.41) is 21.3. The summed E-state index contributed by atoms with van der Waals surface area (Å²) in [6.45, 7) is 6.37. The van der Waals surface area contributed by atoms with Crippen LogP contribution in [0.1, 0.15) is 26.3 Å². The van der Waals surface area contributed by atoms with E-state index in [1.54, 1.807) is 25.1 Å². The number of carboxylic acid groups (broad SMARTS) is 1. The van der Waals surface area contributed by atoms with Gasteiger partial charge in [-0.25, -0.2) is 9.59 Å². The van der Waals surface area contributed by atoms with Crippen molar-refractivity contribution in [1.29, 1.82) is 0 Å². The molecule has 0 radical (unpaired) electrons. The molecule has 0 aliphatic rings. The van der Waals surface area contributed by atoms with Crippen LogP contribution in [0.15, 0.2) is 18.2 Å². The van der Waals surface area contributed by atoms with Crippen LogP contribution in [0, 0.1) is 0 Å². The third-order valence-corrected chi connectivity index (χ3v) is 3.28. The van der Waals surface area contributed by atoms with Gasteiger partial charge >= 0.3 is 12.1 Å². The van der Waals surface area contributed by atoms with Crippen LogP contribution in [-0.4, -0.2) is 54.2 Å². The number of hydrogen-bond donors (Lipinski definition) is 3. The van der Waals surface area contributed by atoms with Gasteiger partial charge in [-0.2, -0.15) is 0 Å². The number of rotatable bonds is 10. The van der Waals surface area contributed by atoms with E-state index in [1.807, 2.05) is 13.8 Å². The quantitative estimate of drug-likeness (QED) is 0.584. The molecule has 1 amide bonds. The van der Waals surface area contributed by atoms with Crippen LogP contribution in [0.5, 0.6) is 11.5 Å². The number of alkyl carbamates (subject to hydrolysis) is 1. The highest BCUT2D eigenvalue weighted by Gasteiger charge is 2.28. The zero-order valence-electron chi connectivity index (χ0n) is 14.7. The van der Waals surface area contributed by atoms with Gasteiger partial charge in [0.25, 0.3) is 0 Å². The molecule has 8 nitrogen and oxygen atoms in total. The lowest BCUT2D eigenvalue weighted by Crippen LogP contribution is -2.48. The van der Waals surface area contributed by atoms with Crippen molar-refractivity contribution < 1.29 is 34.0 Å². The van der Waals surface area contributed by atoms with E-state index in [0.717, 1.165) is 0 Å². The van der Waals surface area contributed by atoms with E-state index in [1.165, 1.54) is 0 Å². The van der Waals surface area contributed by atoms with Crippen LogP contribution in [0.2, 0.25) is 0 Å². The first kappa shape index (κ1) is 20.6. The summed E-state index contributed by atoms with van der Waals surface area (Å²) in [4.78, 5) is 22.7. The van der Waals surface area contributed by atoms with Gasteiger partial charge in [-0.15, -0.1) is 0 Å². The first-order valence-electron chi connectivity index (χ1n) is 8.15. The predicted molar refractivity (Wildman–Crippen MR) is 90.1 cm³/mol. The van der Waals surface area contributed by atoms with Gasteiger partial charge in [0, 0.05) is 0 Å². The van der Waals surface area contributed by atoms with Crippen molar-refractivity contribution in [3.8, 4) is 11.5 Å². The van der Waals surface area contributed by atoms with E-state index in [-0.39, 0.29) is 13.0 Å². The number of carbonyl (C=O) groups excluding carboxylic acids is 1. The lowest BCUT2D eigenvalue weighted by Gasteiger charge is -2.22. The second kappa shape index (κ2) is 10.4. The average Bonchev–Trinajstić information content (AvgIpc) is 2.56. The van der Waals surface area contributed by atoms with E-state index in [2.05, 4.69) is 5.32 Å². The molecular formula is C17H25NO7. The molecule has 0 saturated heterocycles. The van der Waals surface area contributed by atoms with E-state index in [4.69, 9.17) is 19.3 Å². The summed E-state index contributed by atoms with van der Waals surface area (Å²) >= 11 is 0. The Labute approximate surface area is 146 Å². The summed E-state index contributed by atoms with van der Waals surface area (Å²) in [6.07, 6.45) is -2.48. The Morgan fingerprint density at radius 2 is 1.72 bits per heavy atom. The van der Waals surface area contributed by atoms with Crippen molar-refractivity contribution >= 4 is 12.1 Å². The Morgan fingerprint density at radius 3 is 2.28 bits per heavy atom. The number of carbonyl (C=O) groups is 2. The van der Waals surface area contributed by atoms with Gasteiger partial charge in [0.2, 0.25) is 0 Å². The van der Waals surface area contributed by atoms with E-state index in [9.17, 15) is 14.7 Å². The first-order valence-corrected chi connectivity index (χ1v) is 8.15. The topological polar surface area (TPSA) is 114 Å². The Kier molecular flexibility index (Phi) is 8.55. The van der Waals surface area contributed by atoms with Gasteiger partial charge in [0.1, 0.15) is 0 Å². The molecule has 0 bridgehead atoms. The Morgan fingerprint density at radius 1 is 1.08 bits per heavy atom. The average molecular weight is 355 g/mol. The maximum Gasteiger partial charge on any atom is 0.407 e. The summed E-state index contributed by atoms with van der Waals surface area (Å²) in [5.41, 5.74) is 0.675. The first-order chi connectivity index (χ1) is 11.9. The summed E-state index contributed by atoms with van der Waals surface area (Å²) in [6, 6.07) is 4.08. The molecule has 2 unspecified atom stereocenters. The number of benzene rings is 1. The zero-order chi connectivity index (χ0) is 18.8. The van der Waals surface area contributed by atoms with Crippen molar-refractivity contribution in [1.82, 2.24) is 5.32 Å². The Balaban J connectivity index is 2.99.